The van der Waals surface area contributed by atoms with Crippen LogP contribution in [0, 0.1) is 6.92 Å². The van der Waals surface area contributed by atoms with Gasteiger partial charge in [-0.15, -0.1) is 0 Å². The van der Waals surface area contributed by atoms with E-state index in [1.807, 2.05) is 6.92 Å². The van der Waals surface area contributed by atoms with Crippen molar-refractivity contribution in [2.45, 2.75) is 13.0 Å². The van der Waals surface area contributed by atoms with Gasteiger partial charge in [0, 0.05) is 29.7 Å². The molecule has 2 rings (SSSR count). The Bertz CT molecular complexity index is 431. The second-order valence-electron chi connectivity index (χ2n) is 4.40. The SMILES string of the molecule is Cc1cc(Cl)ccc1C(=O)NCC1COCCN1. The number of amides is 1. The van der Waals surface area contributed by atoms with Crippen LogP contribution in [0.3, 0.4) is 0 Å². The first-order valence-electron chi connectivity index (χ1n) is 6.02. The lowest BCUT2D eigenvalue weighted by Gasteiger charge is -2.24. The Hall–Kier alpha value is -1.10. The molecule has 0 aliphatic carbocycles. The normalized spacial score (nSPS) is 19.6. The Labute approximate surface area is 112 Å². The summed E-state index contributed by atoms with van der Waals surface area (Å²) >= 11 is 5.86. The Balaban J connectivity index is 1.90. The smallest absolute Gasteiger partial charge is 0.251 e. The first kappa shape index (κ1) is 13.3. The monoisotopic (exact) mass is 268 g/mol. The summed E-state index contributed by atoms with van der Waals surface area (Å²) in [5.41, 5.74) is 1.55. The first-order chi connectivity index (χ1) is 8.66. The van der Waals surface area contributed by atoms with Crippen molar-refractivity contribution in [3.8, 4) is 0 Å². The lowest BCUT2D eigenvalue weighted by atomic mass is 10.1. The molecular weight excluding hydrogens is 252 g/mol. The molecule has 18 heavy (non-hydrogen) atoms. The van der Waals surface area contributed by atoms with Crippen molar-refractivity contribution in [3.05, 3.63) is 34.3 Å². The van der Waals surface area contributed by atoms with Gasteiger partial charge in [-0.05, 0) is 30.7 Å². The summed E-state index contributed by atoms with van der Waals surface area (Å²) in [4.78, 5) is 12.0. The molecule has 1 aliphatic heterocycles. The maximum atomic E-state index is 12.0. The summed E-state index contributed by atoms with van der Waals surface area (Å²) in [5.74, 6) is -0.0726. The average molecular weight is 269 g/mol. The van der Waals surface area contributed by atoms with Gasteiger partial charge >= 0.3 is 0 Å². The average Bonchev–Trinajstić information content (AvgIpc) is 2.37. The van der Waals surface area contributed by atoms with Crippen LogP contribution in [0.15, 0.2) is 18.2 Å². The van der Waals surface area contributed by atoms with Crippen molar-refractivity contribution in [3.63, 3.8) is 0 Å². The van der Waals surface area contributed by atoms with E-state index in [1.165, 1.54) is 0 Å². The fourth-order valence-electron chi connectivity index (χ4n) is 1.94. The molecule has 1 amide bonds. The van der Waals surface area contributed by atoms with Crippen molar-refractivity contribution in [1.82, 2.24) is 10.6 Å². The van der Waals surface area contributed by atoms with E-state index in [1.54, 1.807) is 18.2 Å². The van der Waals surface area contributed by atoms with E-state index in [9.17, 15) is 4.79 Å². The maximum absolute atomic E-state index is 12.0. The van der Waals surface area contributed by atoms with Crippen LogP contribution in [0.1, 0.15) is 15.9 Å². The molecule has 98 valence electrons. The quantitative estimate of drug-likeness (QED) is 0.871. The van der Waals surface area contributed by atoms with E-state index in [4.69, 9.17) is 16.3 Å². The van der Waals surface area contributed by atoms with Gasteiger partial charge in [0.1, 0.15) is 0 Å². The predicted octanol–water partition coefficient (Wildman–Crippen LogP) is 1.37. The third kappa shape index (κ3) is 3.45. The minimum atomic E-state index is -0.0726. The molecular formula is C13H17ClN2O2. The van der Waals surface area contributed by atoms with Crippen LogP contribution in [0.25, 0.3) is 0 Å². The molecule has 0 radical (unpaired) electrons. The predicted molar refractivity (Wildman–Crippen MR) is 71.1 cm³/mol. The standard InChI is InChI=1S/C13H17ClN2O2/c1-9-6-10(14)2-3-12(9)13(17)16-7-11-8-18-5-4-15-11/h2-3,6,11,15H,4-5,7-8H2,1H3,(H,16,17). The summed E-state index contributed by atoms with van der Waals surface area (Å²) in [5, 5.41) is 6.84. The molecule has 1 aliphatic rings. The van der Waals surface area contributed by atoms with Gasteiger partial charge in [-0.1, -0.05) is 11.6 Å². The number of carbonyl (C=O) groups is 1. The molecule has 1 heterocycles. The molecule has 1 aromatic rings. The van der Waals surface area contributed by atoms with Gasteiger partial charge in [0.25, 0.3) is 5.91 Å². The van der Waals surface area contributed by atoms with Crippen molar-refractivity contribution >= 4 is 17.5 Å². The molecule has 0 bridgehead atoms. The summed E-state index contributed by atoms with van der Waals surface area (Å²) in [6.45, 7) is 4.66. The van der Waals surface area contributed by atoms with E-state index in [-0.39, 0.29) is 11.9 Å². The van der Waals surface area contributed by atoms with Crippen LogP contribution in [0.4, 0.5) is 0 Å². The molecule has 0 aromatic heterocycles. The topological polar surface area (TPSA) is 50.4 Å². The van der Waals surface area contributed by atoms with Gasteiger partial charge in [-0.3, -0.25) is 4.79 Å². The lowest BCUT2D eigenvalue weighted by molar-refractivity contribution is 0.0734. The number of morpholine rings is 1. The van der Waals surface area contributed by atoms with Crippen LogP contribution < -0.4 is 10.6 Å². The van der Waals surface area contributed by atoms with Crippen molar-refractivity contribution < 1.29 is 9.53 Å². The Morgan fingerprint density at radius 3 is 3.11 bits per heavy atom. The zero-order valence-electron chi connectivity index (χ0n) is 10.3. The summed E-state index contributed by atoms with van der Waals surface area (Å²) < 4.78 is 5.33. The van der Waals surface area contributed by atoms with Gasteiger partial charge in [0.05, 0.1) is 13.2 Å². The second kappa shape index (κ2) is 6.18. The molecule has 1 atom stereocenters. The number of aryl methyl sites for hydroxylation is 1. The number of hydrogen-bond acceptors (Lipinski definition) is 3. The van der Waals surface area contributed by atoms with E-state index in [0.29, 0.717) is 23.7 Å². The van der Waals surface area contributed by atoms with Gasteiger partial charge in [0.15, 0.2) is 0 Å². The number of nitrogens with one attached hydrogen (secondary N) is 2. The highest BCUT2D eigenvalue weighted by Crippen LogP contribution is 2.14. The van der Waals surface area contributed by atoms with Crippen molar-refractivity contribution in [2.24, 2.45) is 0 Å². The fourth-order valence-corrected chi connectivity index (χ4v) is 2.17. The number of halogens is 1. The number of ether oxygens (including phenoxy) is 1. The van der Waals surface area contributed by atoms with Crippen LogP contribution in [-0.4, -0.2) is 38.3 Å². The minimum Gasteiger partial charge on any atom is -0.378 e. The lowest BCUT2D eigenvalue weighted by Crippen LogP contribution is -2.48. The van der Waals surface area contributed by atoms with Gasteiger partial charge in [-0.2, -0.15) is 0 Å². The zero-order chi connectivity index (χ0) is 13.0. The van der Waals surface area contributed by atoms with Gasteiger partial charge in [-0.25, -0.2) is 0 Å². The third-order valence-corrected chi connectivity index (χ3v) is 3.18. The fraction of sp³-hybridized carbons (Fsp3) is 0.462. The molecule has 0 saturated carbocycles. The van der Waals surface area contributed by atoms with E-state index < -0.39 is 0 Å². The third-order valence-electron chi connectivity index (χ3n) is 2.94. The Morgan fingerprint density at radius 2 is 2.44 bits per heavy atom. The Kier molecular flexibility index (Phi) is 4.58. The molecule has 2 N–H and O–H groups in total. The van der Waals surface area contributed by atoms with Crippen molar-refractivity contribution in [1.29, 1.82) is 0 Å². The van der Waals surface area contributed by atoms with Gasteiger partial charge in [0.2, 0.25) is 0 Å². The molecule has 4 nitrogen and oxygen atoms in total. The Morgan fingerprint density at radius 1 is 1.61 bits per heavy atom. The van der Waals surface area contributed by atoms with Crippen LogP contribution in [-0.2, 0) is 4.74 Å². The van der Waals surface area contributed by atoms with E-state index in [0.717, 1.165) is 18.7 Å². The van der Waals surface area contributed by atoms with Crippen LogP contribution in [0.2, 0.25) is 5.02 Å². The van der Waals surface area contributed by atoms with Crippen LogP contribution >= 0.6 is 11.6 Å². The second-order valence-corrected chi connectivity index (χ2v) is 4.83. The number of hydrogen-bond donors (Lipinski definition) is 2. The molecule has 1 fully saturated rings. The summed E-state index contributed by atoms with van der Waals surface area (Å²) in [6, 6.07) is 5.46. The highest BCUT2D eigenvalue weighted by Gasteiger charge is 2.15. The largest absolute Gasteiger partial charge is 0.378 e. The summed E-state index contributed by atoms with van der Waals surface area (Å²) in [6.07, 6.45) is 0. The first-order valence-corrected chi connectivity index (χ1v) is 6.40. The molecule has 5 heteroatoms. The van der Waals surface area contributed by atoms with E-state index >= 15 is 0 Å². The van der Waals surface area contributed by atoms with E-state index in [2.05, 4.69) is 10.6 Å². The zero-order valence-corrected chi connectivity index (χ0v) is 11.1. The van der Waals surface area contributed by atoms with Crippen LogP contribution in [0.5, 0.6) is 0 Å². The highest BCUT2D eigenvalue weighted by atomic mass is 35.5. The minimum absolute atomic E-state index is 0.0726. The molecule has 0 spiro atoms. The maximum Gasteiger partial charge on any atom is 0.251 e. The van der Waals surface area contributed by atoms with Crippen molar-refractivity contribution in [2.75, 3.05) is 26.3 Å². The number of benzene rings is 1. The molecule has 1 unspecified atom stereocenters. The molecule has 1 aromatic carbocycles. The highest BCUT2D eigenvalue weighted by molar-refractivity contribution is 6.30. The molecule has 1 saturated heterocycles. The number of rotatable bonds is 3. The van der Waals surface area contributed by atoms with Gasteiger partial charge < -0.3 is 15.4 Å². The number of carbonyl (C=O) groups excluding carboxylic acids is 1. The summed E-state index contributed by atoms with van der Waals surface area (Å²) in [7, 11) is 0.